The lowest BCUT2D eigenvalue weighted by molar-refractivity contribution is -0.108. The van der Waals surface area contributed by atoms with Crippen molar-refractivity contribution < 1.29 is 27.2 Å². The SMILES string of the molecule is CN1CCC(N(C=O)c2ccc(F)cc2N(C)Cc2ccc(-c3nnc(C(F)F)o3)cn2)CC1.O=Cc1ccncc1. The fraction of sp³-hybridized carbons (Fsp3) is 0.310. The Morgan fingerprint density at radius 1 is 1.05 bits per heavy atom. The van der Waals surface area contributed by atoms with Crippen LogP contribution in [-0.4, -0.2) is 71.0 Å². The second-order valence-electron chi connectivity index (χ2n) is 9.72. The zero-order valence-corrected chi connectivity index (χ0v) is 23.1. The van der Waals surface area contributed by atoms with E-state index >= 15 is 0 Å². The zero-order valence-electron chi connectivity index (χ0n) is 23.1. The van der Waals surface area contributed by atoms with Crippen LogP contribution in [0.25, 0.3) is 11.5 Å². The van der Waals surface area contributed by atoms with Gasteiger partial charge in [-0.25, -0.2) is 4.39 Å². The van der Waals surface area contributed by atoms with Gasteiger partial charge in [-0.05, 0) is 75.4 Å². The molecule has 220 valence electrons. The van der Waals surface area contributed by atoms with Crippen LogP contribution in [0.4, 0.5) is 24.5 Å². The molecule has 0 saturated carbocycles. The first-order chi connectivity index (χ1) is 20.3. The molecule has 4 aromatic rings. The summed E-state index contributed by atoms with van der Waals surface area (Å²) >= 11 is 0. The maximum absolute atomic E-state index is 14.2. The first-order valence-corrected chi connectivity index (χ1v) is 13.1. The van der Waals surface area contributed by atoms with Crippen LogP contribution >= 0.6 is 0 Å². The van der Waals surface area contributed by atoms with Crippen molar-refractivity contribution in [2.24, 2.45) is 0 Å². The van der Waals surface area contributed by atoms with Crippen LogP contribution in [0.15, 0.2) is 65.5 Å². The Kier molecular flexibility index (Phi) is 10.3. The van der Waals surface area contributed by atoms with Crippen molar-refractivity contribution in [1.82, 2.24) is 25.1 Å². The molecule has 1 amide bonds. The lowest BCUT2D eigenvalue weighted by atomic mass is 10.0. The van der Waals surface area contributed by atoms with Crippen LogP contribution in [0.2, 0.25) is 0 Å². The molecule has 10 nitrogen and oxygen atoms in total. The largest absolute Gasteiger partial charge is 0.415 e. The molecule has 3 aromatic heterocycles. The van der Waals surface area contributed by atoms with Crippen molar-refractivity contribution in [1.29, 1.82) is 0 Å². The van der Waals surface area contributed by atoms with E-state index < -0.39 is 18.1 Å². The molecule has 13 heteroatoms. The van der Waals surface area contributed by atoms with Gasteiger partial charge in [0, 0.05) is 37.2 Å². The number of alkyl halides is 2. The highest BCUT2D eigenvalue weighted by atomic mass is 19.3. The average Bonchev–Trinajstić information content (AvgIpc) is 3.51. The monoisotopic (exact) mass is 581 g/mol. The maximum atomic E-state index is 14.2. The molecule has 1 aliphatic heterocycles. The lowest BCUT2D eigenvalue weighted by Crippen LogP contribution is -2.43. The highest BCUT2D eigenvalue weighted by Crippen LogP contribution is 2.33. The van der Waals surface area contributed by atoms with Crippen LogP contribution in [0, 0.1) is 5.82 Å². The van der Waals surface area contributed by atoms with Crippen molar-refractivity contribution in [3.63, 3.8) is 0 Å². The highest BCUT2D eigenvalue weighted by molar-refractivity contribution is 5.84. The number of piperidine rings is 1. The zero-order chi connectivity index (χ0) is 30.1. The molecular weight excluding hydrogens is 551 g/mol. The Balaban J connectivity index is 0.000000437. The van der Waals surface area contributed by atoms with Gasteiger partial charge in [-0.1, -0.05) is 0 Å². The van der Waals surface area contributed by atoms with Crippen molar-refractivity contribution >= 4 is 24.1 Å². The molecule has 42 heavy (non-hydrogen) atoms. The van der Waals surface area contributed by atoms with Crippen LogP contribution in [0.1, 0.15) is 41.2 Å². The van der Waals surface area contributed by atoms with E-state index in [1.807, 2.05) is 11.9 Å². The third-order valence-electron chi connectivity index (χ3n) is 6.76. The smallest absolute Gasteiger partial charge is 0.314 e. The molecule has 1 saturated heterocycles. The molecule has 1 fully saturated rings. The quantitative estimate of drug-likeness (QED) is 0.258. The number of anilines is 2. The van der Waals surface area contributed by atoms with Gasteiger partial charge >= 0.3 is 6.43 Å². The van der Waals surface area contributed by atoms with E-state index in [4.69, 9.17) is 4.42 Å². The molecule has 0 unspecified atom stereocenters. The van der Waals surface area contributed by atoms with Gasteiger partial charge < -0.3 is 19.1 Å². The normalized spacial score (nSPS) is 13.8. The molecule has 0 N–H and O–H groups in total. The minimum atomic E-state index is -2.84. The number of rotatable bonds is 9. The van der Waals surface area contributed by atoms with Crippen LogP contribution in [-0.2, 0) is 11.3 Å². The Morgan fingerprint density at radius 3 is 2.36 bits per heavy atom. The van der Waals surface area contributed by atoms with Crippen molar-refractivity contribution in [3.05, 3.63) is 84.0 Å². The summed E-state index contributed by atoms with van der Waals surface area (Å²) in [6.45, 7) is 2.09. The van der Waals surface area contributed by atoms with E-state index in [1.54, 1.807) is 54.7 Å². The van der Waals surface area contributed by atoms with E-state index in [-0.39, 0.29) is 11.9 Å². The van der Waals surface area contributed by atoms with Gasteiger partial charge in [0.1, 0.15) is 12.1 Å². The third-order valence-corrected chi connectivity index (χ3v) is 6.76. The number of carbonyl (C=O) groups excluding carboxylic acids is 2. The summed E-state index contributed by atoms with van der Waals surface area (Å²) < 4.78 is 44.5. The second-order valence-corrected chi connectivity index (χ2v) is 9.72. The number of aromatic nitrogens is 4. The van der Waals surface area contributed by atoms with Crippen molar-refractivity contribution in [2.45, 2.75) is 31.9 Å². The molecular formula is C29H30F3N7O3. The Bertz CT molecular complexity index is 1450. The first kappa shape index (κ1) is 30.3. The summed E-state index contributed by atoms with van der Waals surface area (Å²) in [4.78, 5) is 35.8. The van der Waals surface area contributed by atoms with E-state index in [0.717, 1.165) is 38.6 Å². The molecule has 0 radical (unpaired) electrons. The van der Waals surface area contributed by atoms with Gasteiger partial charge in [-0.3, -0.25) is 19.6 Å². The molecule has 0 atom stereocenters. The van der Waals surface area contributed by atoms with Gasteiger partial charge in [0.2, 0.25) is 12.3 Å². The van der Waals surface area contributed by atoms with Crippen molar-refractivity contribution in [2.75, 3.05) is 37.0 Å². The van der Waals surface area contributed by atoms with E-state index in [1.165, 1.54) is 18.3 Å². The Morgan fingerprint density at radius 2 is 1.79 bits per heavy atom. The lowest BCUT2D eigenvalue weighted by Gasteiger charge is -2.37. The Labute approximate surface area is 240 Å². The predicted octanol–water partition coefficient (Wildman–Crippen LogP) is 4.80. The molecule has 0 bridgehead atoms. The number of hydrogen-bond donors (Lipinski definition) is 0. The number of nitrogens with zero attached hydrogens (tertiary/aromatic N) is 7. The molecule has 5 rings (SSSR count). The van der Waals surface area contributed by atoms with Gasteiger partial charge in [0.15, 0.2) is 0 Å². The summed E-state index contributed by atoms with van der Waals surface area (Å²) in [5.74, 6) is -1.20. The number of benzene rings is 1. The van der Waals surface area contributed by atoms with E-state index in [9.17, 15) is 22.8 Å². The minimum Gasteiger partial charge on any atom is -0.415 e. The summed E-state index contributed by atoms with van der Waals surface area (Å²) in [5.41, 5.74) is 2.92. The van der Waals surface area contributed by atoms with Crippen LogP contribution in [0.5, 0.6) is 0 Å². The predicted molar refractivity (Wildman–Crippen MR) is 150 cm³/mol. The molecule has 0 aliphatic carbocycles. The summed E-state index contributed by atoms with van der Waals surface area (Å²) in [7, 11) is 3.84. The Hall–Kier alpha value is -4.65. The number of amides is 1. The number of halogens is 3. The fourth-order valence-electron chi connectivity index (χ4n) is 4.49. The average molecular weight is 582 g/mol. The van der Waals surface area contributed by atoms with Crippen LogP contribution in [0.3, 0.4) is 0 Å². The van der Waals surface area contributed by atoms with Gasteiger partial charge in [-0.2, -0.15) is 8.78 Å². The summed E-state index contributed by atoms with van der Waals surface area (Å²) in [5, 5.41) is 6.93. The maximum Gasteiger partial charge on any atom is 0.314 e. The number of carbonyl (C=O) groups is 2. The standard InChI is InChI=1S/C23H25F3N6O2.C6H5NO/c1-30-9-7-18(8-10-30)32(14-33)19-6-4-16(24)11-20(19)31(2)13-17-5-3-15(12-27-17)22-28-29-23(34-22)21(25)26;8-5-6-1-3-7-4-2-6/h3-6,11-12,14,18,21H,7-10,13H2,1-2H3;1-5H. The number of pyridine rings is 2. The number of hydrogen-bond acceptors (Lipinski definition) is 9. The van der Waals surface area contributed by atoms with Crippen LogP contribution < -0.4 is 9.80 Å². The molecule has 0 spiro atoms. The summed E-state index contributed by atoms with van der Waals surface area (Å²) in [6, 6.07) is 11.1. The highest BCUT2D eigenvalue weighted by Gasteiger charge is 2.26. The number of likely N-dealkylation sites (tertiary alicyclic amines) is 1. The molecule has 1 aromatic carbocycles. The molecule has 1 aliphatic rings. The topological polar surface area (TPSA) is 109 Å². The fourth-order valence-corrected chi connectivity index (χ4v) is 4.49. The van der Waals surface area contributed by atoms with E-state index in [0.29, 0.717) is 34.7 Å². The number of aldehydes is 1. The third kappa shape index (κ3) is 7.75. The van der Waals surface area contributed by atoms with Gasteiger partial charge in [0.25, 0.3) is 5.89 Å². The van der Waals surface area contributed by atoms with Crippen molar-refractivity contribution in [3.8, 4) is 11.5 Å². The van der Waals surface area contributed by atoms with E-state index in [2.05, 4.69) is 25.1 Å². The summed E-state index contributed by atoms with van der Waals surface area (Å²) in [6.07, 6.45) is 5.06. The van der Waals surface area contributed by atoms with Gasteiger partial charge in [-0.15, -0.1) is 10.2 Å². The first-order valence-electron chi connectivity index (χ1n) is 13.1. The molecule has 4 heterocycles. The van der Waals surface area contributed by atoms with Gasteiger partial charge in [0.05, 0.1) is 29.2 Å². The minimum absolute atomic E-state index is 0.0382. The second kappa shape index (κ2) is 14.3.